The van der Waals surface area contributed by atoms with Gasteiger partial charge < -0.3 is 15.7 Å². The molecule has 0 saturated heterocycles. The van der Waals surface area contributed by atoms with Crippen LogP contribution < -0.4 is 16.1 Å². The fraction of sp³-hybridized carbons (Fsp3) is 0.615. The molecule has 4 aliphatic rings. The van der Waals surface area contributed by atoms with E-state index in [1.54, 1.807) is 41.9 Å². The summed E-state index contributed by atoms with van der Waals surface area (Å²) < 4.78 is 0. The van der Waals surface area contributed by atoms with Gasteiger partial charge in [0.15, 0.2) is 0 Å². The maximum atomic E-state index is 12.8. The van der Waals surface area contributed by atoms with Crippen LogP contribution in [0.3, 0.4) is 0 Å². The summed E-state index contributed by atoms with van der Waals surface area (Å²) in [5.74, 6) is 2.37. The van der Waals surface area contributed by atoms with E-state index in [2.05, 4.69) is 24.5 Å². The van der Waals surface area contributed by atoms with Gasteiger partial charge in [-0.3, -0.25) is 19.6 Å². The van der Waals surface area contributed by atoms with E-state index < -0.39 is 5.91 Å². The lowest BCUT2D eigenvalue weighted by Gasteiger charge is -2.62. The second-order valence-corrected chi connectivity index (χ2v) is 15.5. The van der Waals surface area contributed by atoms with E-state index in [-0.39, 0.29) is 23.3 Å². The molecule has 8 atom stereocenters. The average molecular weight is 644 g/mol. The Bertz CT molecular complexity index is 1430. The lowest BCUT2D eigenvalue weighted by molar-refractivity contribution is -0.162. The van der Waals surface area contributed by atoms with Gasteiger partial charge in [-0.1, -0.05) is 51.0 Å². The molecule has 5 N–H and O–H groups in total. The summed E-state index contributed by atoms with van der Waals surface area (Å²) in [6.45, 7) is 5.81. The number of carbonyl (C=O) groups is 3. The molecule has 254 valence electrons. The lowest BCUT2D eigenvalue weighted by atomic mass is 9.44. The fourth-order valence-corrected chi connectivity index (χ4v) is 10.5. The monoisotopic (exact) mass is 643 g/mol. The quantitative estimate of drug-likeness (QED) is 0.148. The summed E-state index contributed by atoms with van der Waals surface area (Å²) in [6, 6.07) is 13.9. The first-order chi connectivity index (χ1) is 22.6. The summed E-state index contributed by atoms with van der Waals surface area (Å²) >= 11 is 0. The van der Waals surface area contributed by atoms with E-state index in [4.69, 9.17) is 5.21 Å². The smallest absolute Gasteiger partial charge is 0.274 e. The van der Waals surface area contributed by atoms with Crippen molar-refractivity contribution in [2.24, 2.45) is 40.4 Å². The van der Waals surface area contributed by atoms with Crippen LogP contribution in [-0.2, 0) is 17.9 Å². The normalized spacial score (nSPS) is 32.8. The van der Waals surface area contributed by atoms with E-state index in [0.717, 1.165) is 30.4 Å². The lowest BCUT2D eigenvalue weighted by Crippen LogP contribution is -2.57. The number of aliphatic hydroxyl groups is 1. The first-order valence-electron chi connectivity index (χ1n) is 18.0. The first-order valence-corrected chi connectivity index (χ1v) is 18.0. The van der Waals surface area contributed by atoms with Crippen molar-refractivity contribution in [2.75, 3.05) is 0 Å². The molecule has 2 aromatic carbocycles. The number of amides is 3. The van der Waals surface area contributed by atoms with Gasteiger partial charge in [0.25, 0.3) is 11.8 Å². The summed E-state index contributed by atoms with van der Waals surface area (Å²) in [6.07, 6.45) is 13.7. The predicted octanol–water partition coefficient (Wildman–Crippen LogP) is 6.54. The van der Waals surface area contributed by atoms with Crippen LogP contribution >= 0.6 is 0 Å². The van der Waals surface area contributed by atoms with Crippen LogP contribution in [0.15, 0.2) is 48.5 Å². The molecule has 0 heterocycles. The Kier molecular flexibility index (Phi) is 10.1. The van der Waals surface area contributed by atoms with Gasteiger partial charge in [-0.15, -0.1) is 0 Å². The van der Waals surface area contributed by atoms with Gasteiger partial charge in [0.2, 0.25) is 5.91 Å². The van der Waals surface area contributed by atoms with Gasteiger partial charge >= 0.3 is 0 Å². The highest BCUT2D eigenvalue weighted by Gasteiger charge is 2.61. The molecule has 0 spiro atoms. The van der Waals surface area contributed by atoms with Crippen molar-refractivity contribution >= 4 is 17.7 Å². The van der Waals surface area contributed by atoms with E-state index >= 15 is 0 Å². The molecule has 0 aliphatic heterocycles. The minimum atomic E-state index is -0.585. The Labute approximate surface area is 279 Å². The van der Waals surface area contributed by atoms with Crippen molar-refractivity contribution in [2.45, 2.75) is 110 Å². The van der Waals surface area contributed by atoms with Gasteiger partial charge in [-0.2, -0.15) is 0 Å². The average Bonchev–Trinajstić information content (AvgIpc) is 3.42. The molecule has 6 rings (SSSR count). The van der Waals surface area contributed by atoms with Crippen molar-refractivity contribution in [3.63, 3.8) is 0 Å². The maximum Gasteiger partial charge on any atom is 0.274 e. The van der Waals surface area contributed by atoms with Gasteiger partial charge in [0.1, 0.15) is 0 Å². The first kappa shape index (κ1) is 33.7. The third kappa shape index (κ3) is 6.86. The minimum absolute atomic E-state index is 0.0664. The molecule has 4 saturated carbocycles. The molecule has 8 nitrogen and oxygen atoms in total. The Morgan fingerprint density at radius 1 is 0.766 bits per heavy atom. The highest BCUT2D eigenvalue weighted by Crippen LogP contribution is 2.67. The number of aliphatic hydroxyl groups excluding tert-OH is 1. The molecular formula is C39H53N3O5. The van der Waals surface area contributed by atoms with E-state index in [0.29, 0.717) is 65.6 Å². The SMILES string of the molecule is CC12CCC3C(C(O)CC4CCCCC43C)C1CCC2CCCC(=O)NCc1ccc(C(=O)NCc2ccc(C(=O)NO)cc2)cc1. The highest BCUT2D eigenvalue weighted by molar-refractivity contribution is 5.94. The number of hydrogen-bond acceptors (Lipinski definition) is 5. The van der Waals surface area contributed by atoms with Crippen LogP contribution in [0, 0.1) is 40.4 Å². The molecular weight excluding hydrogens is 590 g/mol. The van der Waals surface area contributed by atoms with Crippen molar-refractivity contribution in [3.05, 3.63) is 70.8 Å². The van der Waals surface area contributed by atoms with Crippen LogP contribution in [0.4, 0.5) is 0 Å². The molecule has 0 bridgehead atoms. The number of nitrogens with one attached hydrogen (secondary N) is 3. The summed E-state index contributed by atoms with van der Waals surface area (Å²) in [7, 11) is 0. The third-order valence-corrected chi connectivity index (χ3v) is 13.2. The largest absolute Gasteiger partial charge is 0.393 e. The van der Waals surface area contributed by atoms with Crippen molar-refractivity contribution < 1.29 is 24.7 Å². The molecule has 0 radical (unpaired) electrons. The van der Waals surface area contributed by atoms with Gasteiger partial charge in [-0.25, -0.2) is 5.48 Å². The zero-order chi connectivity index (χ0) is 33.2. The fourth-order valence-electron chi connectivity index (χ4n) is 10.5. The standard InChI is InChI=1S/C39H53N3O5/c1-38-20-4-3-6-30(38)22-33(43)35-31-18-17-29(39(31,2)21-19-32(35)38)7-5-8-34(44)40-23-25-9-13-27(14-10-25)36(45)41-24-26-11-15-28(16-12-26)37(46)42-47/h9-16,29-33,35,43,47H,3-8,17-24H2,1-2H3,(H,40,44)(H,41,45)(H,42,46). The Balaban J connectivity index is 0.929. The zero-order valence-electron chi connectivity index (χ0n) is 28.1. The van der Waals surface area contributed by atoms with Crippen LogP contribution in [0.5, 0.6) is 0 Å². The van der Waals surface area contributed by atoms with Crippen LogP contribution in [0.25, 0.3) is 0 Å². The molecule has 2 aromatic rings. The Morgan fingerprint density at radius 2 is 1.40 bits per heavy atom. The Morgan fingerprint density at radius 3 is 2.09 bits per heavy atom. The van der Waals surface area contributed by atoms with E-state index in [1.807, 2.05) is 12.1 Å². The van der Waals surface area contributed by atoms with Crippen LogP contribution in [-0.4, -0.2) is 34.1 Å². The molecule has 4 aliphatic carbocycles. The summed E-state index contributed by atoms with van der Waals surface area (Å²) in [4.78, 5) is 36.9. The summed E-state index contributed by atoms with van der Waals surface area (Å²) in [5.41, 5.74) is 4.93. The topological polar surface area (TPSA) is 128 Å². The van der Waals surface area contributed by atoms with Crippen molar-refractivity contribution in [3.8, 4) is 0 Å². The number of carbonyl (C=O) groups excluding carboxylic acids is 3. The zero-order valence-corrected chi connectivity index (χ0v) is 28.1. The molecule has 0 aromatic heterocycles. The molecule has 4 fully saturated rings. The number of hydrogen-bond donors (Lipinski definition) is 5. The van der Waals surface area contributed by atoms with E-state index in [1.165, 1.54) is 51.4 Å². The second kappa shape index (κ2) is 14.1. The van der Waals surface area contributed by atoms with Crippen molar-refractivity contribution in [1.29, 1.82) is 0 Å². The van der Waals surface area contributed by atoms with Gasteiger partial charge in [-0.05, 0) is 134 Å². The molecule has 3 amide bonds. The van der Waals surface area contributed by atoms with Gasteiger partial charge in [0.05, 0.1) is 6.10 Å². The minimum Gasteiger partial charge on any atom is -0.393 e. The van der Waals surface area contributed by atoms with Gasteiger partial charge in [0, 0.05) is 30.6 Å². The third-order valence-electron chi connectivity index (χ3n) is 13.2. The van der Waals surface area contributed by atoms with Crippen molar-refractivity contribution in [1.82, 2.24) is 16.1 Å². The molecule has 8 heteroatoms. The van der Waals surface area contributed by atoms with Crippen LogP contribution in [0.1, 0.15) is 123 Å². The number of rotatable bonds is 10. The number of fused-ring (bicyclic) bond motifs is 5. The molecule has 47 heavy (non-hydrogen) atoms. The molecule has 8 unspecified atom stereocenters. The second-order valence-electron chi connectivity index (χ2n) is 15.5. The van der Waals surface area contributed by atoms with Crippen LogP contribution in [0.2, 0.25) is 0 Å². The van der Waals surface area contributed by atoms with E-state index in [9.17, 15) is 19.5 Å². The number of hydroxylamine groups is 1. The Hall–Kier alpha value is -3.23. The maximum absolute atomic E-state index is 12.8. The summed E-state index contributed by atoms with van der Waals surface area (Å²) in [5, 5.41) is 26.1. The predicted molar refractivity (Wildman–Crippen MR) is 180 cm³/mol. The highest BCUT2D eigenvalue weighted by atomic mass is 16.5. The number of benzene rings is 2.